The van der Waals surface area contributed by atoms with Gasteiger partial charge in [0.15, 0.2) is 0 Å². The largest absolute Gasteiger partial charge is 0.314 e. The van der Waals surface area contributed by atoms with E-state index in [4.69, 9.17) is 0 Å². The van der Waals surface area contributed by atoms with E-state index in [9.17, 15) is 0 Å². The Morgan fingerprint density at radius 2 is 2.46 bits per heavy atom. The van der Waals surface area contributed by atoms with E-state index in [0.29, 0.717) is 6.04 Å². The van der Waals surface area contributed by atoms with Crippen molar-refractivity contribution >= 4 is 15.9 Å². The monoisotopic (exact) mass is 240 g/mol. The van der Waals surface area contributed by atoms with E-state index < -0.39 is 0 Å². The SMILES string of the molecule is Brc1ccc(C[C@@H]2CCCN2)cn1. The van der Waals surface area contributed by atoms with Crippen LogP contribution < -0.4 is 5.32 Å². The Labute approximate surface area is 86.9 Å². The van der Waals surface area contributed by atoms with Crippen LogP contribution in [0.5, 0.6) is 0 Å². The molecule has 1 atom stereocenters. The van der Waals surface area contributed by atoms with Crippen molar-refractivity contribution in [3.05, 3.63) is 28.5 Å². The molecule has 1 fully saturated rings. The molecule has 1 aliphatic rings. The van der Waals surface area contributed by atoms with E-state index in [0.717, 1.165) is 11.0 Å². The molecule has 1 aromatic heterocycles. The maximum atomic E-state index is 4.21. The van der Waals surface area contributed by atoms with Crippen LogP contribution in [0.1, 0.15) is 18.4 Å². The molecule has 2 nitrogen and oxygen atoms in total. The van der Waals surface area contributed by atoms with E-state index >= 15 is 0 Å². The number of nitrogens with zero attached hydrogens (tertiary/aromatic N) is 1. The Morgan fingerprint density at radius 1 is 1.54 bits per heavy atom. The zero-order valence-electron chi connectivity index (χ0n) is 7.46. The van der Waals surface area contributed by atoms with Crippen molar-refractivity contribution in [2.24, 2.45) is 0 Å². The molecule has 1 aromatic rings. The van der Waals surface area contributed by atoms with Crippen LogP contribution in [0, 0.1) is 0 Å². The fraction of sp³-hybridized carbons (Fsp3) is 0.500. The fourth-order valence-electron chi connectivity index (χ4n) is 1.74. The van der Waals surface area contributed by atoms with Crippen molar-refractivity contribution < 1.29 is 0 Å². The second-order valence-corrected chi connectivity index (χ2v) is 4.30. The summed E-state index contributed by atoms with van der Waals surface area (Å²) in [4.78, 5) is 4.21. The molecule has 0 bridgehead atoms. The smallest absolute Gasteiger partial charge is 0.106 e. The minimum Gasteiger partial charge on any atom is -0.314 e. The molecule has 0 radical (unpaired) electrons. The molecule has 0 unspecified atom stereocenters. The molecule has 0 spiro atoms. The quantitative estimate of drug-likeness (QED) is 0.802. The maximum Gasteiger partial charge on any atom is 0.106 e. The van der Waals surface area contributed by atoms with Gasteiger partial charge in [0, 0.05) is 12.2 Å². The Morgan fingerprint density at radius 3 is 3.08 bits per heavy atom. The first kappa shape index (κ1) is 9.16. The minimum atomic E-state index is 0.669. The van der Waals surface area contributed by atoms with E-state index in [-0.39, 0.29) is 0 Å². The Balaban J connectivity index is 1.97. The summed E-state index contributed by atoms with van der Waals surface area (Å²) in [5.41, 5.74) is 1.32. The third-order valence-corrected chi connectivity index (χ3v) is 2.90. The lowest BCUT2D eigenvalue weighted by Crippen LogP contribution is -2.23. The first-order valence-electron chi connectivity index (χ1n) is 4.68. The molecule has 13 heavy (non-hydrogen) atoms. The fourth-order valence-corrected chi connectivity index (χ4v) is 1.98. The van der Waals surface area contributed by atoms with Crippen molar-refractivity contribution in [2.75, 3.05) is 6.54 Å². The average molecular weight is 241 g/mol. The van der Waals surface area contributed by atoms with Gasteiger partial charge in [-0.3, -0.25) is 0 Å². The van der Waals surface area contributed by atoms with E-state index in [1.165, 1.54) is 24.9 Å². The third kappa shape index (κ3) is 2.51. The second kappa shape index (κ2) is 4.20. The van der Waals surface area contributed by atoms with Crippen molar-refractivity contribution in [1.29, 1.82) is 0 Å². The Bertz CT molecular complexity index is 265. The molecular weight excluding hydrogens is 228 g/mol. The standard InChI is InChI=1S/C10H13BrN2/c11-10-4-3-8(7-13-10)6-9-2-1-5-12-9/h3-4,7,9,12H,1-2,5-6H2/t9-/m0/s1. The lowest BCUT2D eigenvalue weighted by Gasteiger charge is -2.08. The number of nitrogens with one attached hydrogen (secondary N) is 1. The van der Waals surface area contributed by atoms with Gasteiger partial charge in [0.1, 0.15) is 4.60 Å². The molecule has 0 aliphatic carbocycles. The van der Waals surface area contributed by atoms with Crippen LogP contribution in [0.2, 0.25) is 0 Å². The number of pyridine rings is 1. The van der Waals surface area contributed by atoms with Gasteiger partial charge >= 0.3 is 0 Å². The summed E-state index contributed by atoms with van der Waals surface area (Å²) in [5.74, 6) is 0. The topological polar surface area (TPSA) is 24.9 Å². The summed E-state index contributed by atoms with van der Waals surface area (Å²) in [7, 11) is 0. The molecule has 1 aliphatic heterocycles. The van der Waals surface area contributed by atoms with Crippen LogP contribution in [0.4, 0.5) is 0 Å². The summed E-state index contributed by atoms with van der Waals surface area (Å²) in [6.45, 7) is 1.18. The normalized spacial score (nSPS) is 22.1. The molecule has 0 saturated carbocycles. The molecule has 0 amide bonds. The number of rotatable bonds is 2. The first-order valence-corrected chi connectivity index (χ1v) is 5.48. The third-order valence-electron chi connectivity index (χ3n) is 2.43. The van der Waals surface area contributed by atoms with Gasteiger partial charge in [0.25, 0.3) is 0 Å². The highest BCUT2D eigenvalue weighted by molar-refractivity contribution is 9.10. The number of hydrogen-bond donors (Lipinski definition) is 1. The lowest BCUT2D eigenvalue weighted by molar-refractivity contribution is 0.602. The average Bonchev–Trinajstić information content (AvgIpc) is 2.62. The van der Waals surface area contributed by atoms with Crippen molar-refractivity contribution in [3.63, 3.8) is 0 Å². The van der Waals surface area contributed by atoms with Crippen LogP contribution in [-0.4, -0.2) is 17.6 Å². The zero-order chi connectivity index (χ0) is 9.10. The predicted octanol–water partition coefficient (Wildman–Crippen LogP) is 2.14. The highest BCUT2D eigenvalue weighted by Gasteiger charge is 2.13. The van der Waals surface area contributed by atoms with Gasteiger partial charge in [0.05, 0.1) is 0 Å². The van der Waals surface area contributed by atoms with Crippen LogP contribution in [0.15, 0.2) is 22.9 Å². The van der Waals surface area contributed by atoms with Crippen LogP contribution in [0.3, 0.4) is 0 Å². The van der Waals surface area contributed by atoms with Crippen LogP contribution >= 0.6 is 15.9 Å². The summed E-state index contributed by atoms with van der Waals surface area (Å²) < 4.78 is 0.913. The highest BCUT2D eigenvalue weighted by atomic mass is 79.9. The molecule has 1 saturated heterocycles. The Hall–Kier alpha value is -0.410. The predicted molar refractivity (Wildman–Crippen MR) is 56.7 cm³/mol. The van der Waals surface area contributed by atoms with Crippen molar-refractivity contribution in [2.45, 2.75) is 25.3 Å². The van der Waals surface area contributed by atoms with Crippen molar-refractivity contribution in [3.8, 4) is 0 Å². The number of halogens is 1. The summed E-state index contributed by atoms with van der Waals surface area (Å²) >= 11 is 3.33. The minimum absolute atomic E-state index is 0.669. The van der Waals surface area contributed by atoms with Gasteiger partial charge in [-0.1, -0.05) is 6.07 Å². The molecular formula is C10H13BrN2. The Kier molecular flexibility index (Phi) is 2.96. The van der Waals surface area contributed by atoms with Gasteiger partial charge in [-0.15, -0.1) is 0 Å². The molecule has 1 N–H and O–H groups in total. The highest BCUT2D eigenvalue weighted by Crippen LogP contribution is 2.13. The van der Waals surface area contributed by atoms with Gasteiger partial charge in [-0.2, -0.15) is 0 Å². The molecule has 2 heterocycles. The zero-order valence-corrected chi connectivity index (χ0v) is 9.05. The molecule has 2 rings (SSSR count). The van der Waals surface area contributed by atoms with E-state index in [2.05, 4.69) is 32.3 Å². The first-order chi connectivity index (χ1) is 6.34. The number of hydrogen-bond acceptors (Lipinski definition) is 2. The summed E-state index contributed by atoms with van der Waals surface area (Å²) in [6.07, 6.45) is 5.68. The van der Waals surface area contributed by atoms with Gasteiger partial charge in [0.2, 0.25) is 0 Å². The molecule has 3 heteroatoms. The van der Waals surface area contributed by atoms with Crippen molar-refractivity contribution in [1.82, 2.24) is 10.3 Å². The molecule has 70 valence electrons. The lowest BCUT2D eigenvalue weighted by atomic mass is 10.1. The maximum absolute atomic E-state index is 4.21. The summed E-state index contributed by atoms with van der Waals surface area (Å²) in [5, 5.41) is 3.48. The number of aromatic nitrogens is 1. The van der Waals surface area contributed by atoms with Gasteiger partial charge < -0.3 is 5.32 Å². The summed E-state index contributed by atoms with van der Waals surface area (Å²) in [6, 6.07) is 4.81. The van der Waals surface area contributed by atoms with E-state index in [1.54, 1.807) is 0 Å². The van der Waals surface area contributed by atoms with E-state index in [1.807, 2.05) is 12.3 Å². The van der Waals surface area contributed by atoms with Crippen LogP contribution in [0.25, 0.3) is 0 Å². The van der Waals surface area contributed by atoms with Gasteiger partial charge in [-0.25, -0.2) is 4.98 Å². The second-order valence-electron chi connectivity index (χ2n) is 3.49. The van der Waals surface area contributed by atoms with Gasteiger partial charge in [-0.05, 0) is 53.4 Å². The molecule has 0 aromatic carbocycles. The van der Waals surface area contributed by atoms with Crippen LogP contribution in [-0.2, 0) is 6.42 Å².